The third-order valence-corrected chi connectivity index (χ3v) is 6.55. The molecule has 9 heteroatoms. The minimum Gasteiger partial charge on any atom is -0.495 e. The summed E-state index contributed by atoms with van der Waals surface area (Å²) in [6.45, 7) is 3.75. The molecule has 0 radical (unpaired) electrons. The Hall–Kier alpha value is -3.30. The van der Waals surface area contributed by atoms with Crippen molar-refractivity contribution in [1.29, 1.82) is 0 Å². The Morgan fingerprint density at radius 1 is 1.22 bits per heavy atom. The van der Waals surface area contributed by atoms with Crippen molar-refractivity contribution in [2.45, 2.75) is 26.5 Å². The molecule has 5 rings (SSSR count). The lowest BCUT2D eigenvalue weighted by Gasteiger charge is -2.30. The van der Waals surface area contributed by atoms with E-state index in [2.05, 4.69) is 21.0 Å². The molecule has 0 atom stereocenters. The van der Waals surface area contributed by atoms with E-state index >= 15 is 0 Å². The predicted molar refractivity (Wildman–Crippen MR) is 124 cm³/mol. The van der Waals surface area contributed by atoms with Crippen LogP contribution in [-0.4, -0.2) is 40.3 Å². The van der Waals surface area contributed by atoms with Gasteiger partial charge in [0, 0.05) is 50.1 Å². The number of methoxy groups -OCH3 is 2. The number of ether oxygens (including phenoxy) is 2. The summed E-state index contributed by atoms with van der Waals surface area (Å²) < 4.78 is 12.0. The summed E-state index contributed by atoms with van der Waals surface area (Å²) >= 11 is 1.64. The summed E-state index contributed by atoms with van der Waals surface area (Å²) in [7, 11) is 3.27. The number of aromatic nitrogens is 4. The van der Waals surface area contributed by atoms with Gasteiger partial charge in [-0.1, -0.05) is 0 Å². The average molecular weight is 450 g/mol. The van der Waals surface area contributed by atoms with Gasteiger partial charge in [0.2, 0.25) is 0 Å². The van der Waals surface area contributed by atoms with E-state index in [4.69, 9.17) is 14.5 Å². The lowest BCUT2D eigenvalue weighted by atomic mass is 10.0. The van der Waals surface area contributed by atoms with Gasteiger partial charge < -0.3 is 14.4 Å². The Bertz CT molecular complexity index is 1360. The third kappa shape index (κ3) is 3.63. The Labute approximate surface area is 189 Å². The molecule has 0 saturated heterocycles. The molecule has 8 nitrogen and oxygen atoms in total. The molecule has 0 aliphatic carbocycles. The molecule has 0 N–H and O–H groups in total. The van der Waals surface area contributed by atoms with Gasteiger partial charge in [-0.25, -0.2) is 4.98 Å². The van der Waals surface area contributed by atoms with Gasteiger partial charge in [0.05, 0.1) is 24.3 Å². The second-order valence-corrected chi connectivity index (χ2v) is 8.68. The van der Waals surface area contributed by atoms with Crippen molar-refractivity contribution >= 4 is 22.8 Å². The molecule has 0 unspecified atom stereocenters. The first-order valence-electron chi connectivity index (χ1n) is 10.3. The number of fused-ring (bicyclic) bond motifs is 2. The molecule has 0 amide bonds. The predicted octanol–water partition coefficient (Wildman–Crippen LogP) is 3.24. The number of anilines is 1. The SMILES string of the molecule is COCc1cc(=O)n2nc(N3CCc4ncc(-c5sccc5OC)cc4C3)c(C)cc2n1. The van der Waals surface area contributed by atoms with E-state index in [-0.39, 0.29) is 5.56 Å². The highest BCUT2D eigenvalue weighted by molar-refractivity contribution is 7.14. The number of aryl methyl sites for hydroxylation is 1. The van der Waals surface area contributed by atoms with Crippen LogP contribution in [0.2, 0.25) is 0 Å². The van der Waals surface area contributed by atoms with Gasteiger partial charge in [0.1, 0.15) is 5.75 Å². The first-order chi connectivity index (χ1) is 15.6. The zero-order valence-electron chi connectivity index (χ0n) is 18.2. The van der Waals surface area contributed by atoms with Gasteiger partial charge >= 0.3 is 0 Å². The quantitative estimate of drug-likeness (QED) is 0.463. The molecule has 0 saturated carbocycles. The molecule has 0 fully saturated rings. The van der Waals surface area contributed by atoms with E-state index in [1.165, 1.54) is 10.6 Å². The average Bonchev–Trinajstić information content (AvgIpc) is 3.27. The number of thiophene rings is 1. The second kappa shape index (κ2) is 8.33. The number of rotatable bonds is 5. The van der Waals surface area contributed by atoms with Crippen LogP contribution in [0.5, 0.6) is 5.75 Å². The summed E-state index contributed by atoms with van der Waals surface area (Å²) in [6, 6.07) is 7.53. The number of pyridine rings is 1. The fourth-order valence-electron chi connectivity index (χ4n) is 4.10. The zero-order valence-corrected chi connectivity index (χ0v) is 19.0. The monoisotopic (exact) mass is 449 g/mol. The normalized spacial score (nSPS) is 13.4. The van der Waals surface area contributed by atoms with Gasteiger partial charge in [0.15, 0.2) is 11.5 Å². The molecule has 4 aromatic rings. The van der Waals surface area contributed by atoms with Crippen LogP contribution in [0.1, 0.15) is 22.5 Å². The van der Waals surface area contributed by atoms with Crippen molar-refractivity contribution in [2.75, 3.05) is 25.7 Å². The van der Waals surface area contributed by atoms with E-state index in [1.54, 1.807) is 25.6 Å². The first-order valence-corrected chi connectivity index (χ1v) is 11.2. The van der Waals surface area contributed by atoms with Crippen LogP contribution >= 0.6 is 11.3 Å². The van der Waals surface area contributed by atoms with Gasteiger partial charge in [-0.3, -0.25) is 9.78 Å². The number of nitrogens with zero attached hydrogens (tertiary/aromatic N) is 5. The summed E-state index contributed by atoms with van der Waals surface area (Å²) in [5.74, 6) is 1.64. The lowest BCUT2D eigenvalue weighted by molar-refractivity contribution is 0.181. The van der Waals surface area contributed by atoms with E-state index < -0.39 is 0 Å². The van der Waals surface area contributed by atoms with E-state index in [0.29, 0.717) is 24.5 Å². The molecule has 0 bridgehead atoms. The molecule has 164 valence electrons. The minimum atomic E-state index is -0.213. The summed E-state index contributed by atoms with van der Waals surface area (Å²) in [5, 5.41) is 6.68. The van der Waals surface area contributed by atoms with Crippen molar-refractivity contribution in [3.8, 4) is 16.2 Å². The fraction of sp³-hybridized carbons (Fsp3) is 0.304. The summed E-state index contributed by atoms with van der Waals surface area (Å²) in [5.41, 5.74) is 5.19. The van der Waals surface area contributed by atoms with Crippen molar-refractivity contribution in [3.05, 3.63) is 68.7 Å². The highest BCUT2D eigenvalue weighted by Crippen LogP contribution is 2.36. The van der Waals surface area contributed by atoms with Crippen LogP contribution in [0.4, 0.5) is 5.82 Å². The van der Waals surface area contributed by atoms with E-state index in [9.17, 15) is 4.79 Å². The molecular weight excluding hydrogens is 426 g/mol. The molecule has 0 spiro atoms. The second-order valence-electron chi connectivity index (χ2n) is 7.76. The maximum absolute atomic E-state index is 12.6. The van der Waals surface area contributed by atoms with Crippen molar-refractivity contribution in [3.63, 3.8) is 0 Å². The first kappa shape index (κ1) is 20.6. The van der Waals surface area contributed by atoms with Crippen LogP contribution < -0.4 is 15.2 Å². The smallest absolute Gasteiger partial charge is 0.274 e. The fourth-order valence-corrected chi connectivity index (χ4v) is 4.95. The molecular formula is C23H23N5O3S. The van der Waals surface area contributed by atoms with Gasteiger partial charge in [0.25, 0.3) is 5.56 Å². The molecule has 0 aromatic carbocycles. The molecule has 4 aromatic heterocycles. The summed E-state index contributed by atoms with van der Waals surface area (Å²) in [6.07, 6.45) is 2.74. The van der Waals surface area contributed by atoms with Crippen LogP contribution in [-0.2, 0) is 24.3 Å². The molecule has 32 heavy (non-hydrogen) atoms. The number of hydrogen-bond donors (Lipinski definition) is 0. The van der Waals surface area contributed by atoms with Crippen molar-refractivity contribution in [2.24, 2.45) is 0 Å². The van der Waals surface area contributed by atoms with Gasteiger partial charge in [-0.2, -0.15) is 4.52 Å². The maximum Gasteiger partial charge on any atom is 0.274 e. The molecule has 1 aliphatic rings. The topological polar surface area (TPSA) is 81.9 Å². The third-order valence-electron chi connectivity index (χ3n) is 5.61. The summed E-state index contributed by atoms with van der Waals surface area (Å²) in [4.78, 5) is 25.1. The largest absolute Gasteiger partial charge is 0.495 e. The Morgan fingerprint density at radius 3 is 2.91 bits per heavy atom. The van der Waals surface area contributed by atoms with E-state index in [0.717, 1.165) is 51.8 Å². The Morgan fingerprint density at radius 2 is 2.09 bits per heavy atom. The van der Waals surface area contributed by atoms with Crippen LogP contribution in [0.15, 0.2) is 40.6 Å². The van der Waals surface area contributed by atoms with Gasteiger partial charge in [-0.05, 0) is 41.6 Å². The van der Waals surface area contributed by atoms with Crippen molar-refractivity contribution < 1.29 is 9.47 Å². The van der Waals surface area contributed by atoms with Crippen LogP contribution in [0.25, 0.3) is 16.1 Å². The number of hydrogen-bond acceptors (Lipinski definition) is 8. The minimum absolute atomic E-state index is 0.213. The van der Waals surface area contributed by atoms with Crippen LogP contribution in [0.3, 0.4) is 0 Å². The maximum atomic E-state index is 12.6. The van der Waals surface area contributed by atoms with Gasteiger partial charge in [-0.15, -0.1) is 16.4 Å². The zero-order chi connectivity index (χ0) is 22.2. The Kier molecular flexibility index (Phi) is 5.36. The lowest BCUT2D eigenvalue weighted by Crippen LogP contribution is -2.33. The van der Waals surface area contributed by atoms with Crippen molar-refractivity contribution in [1.82, 2.24) is 19.6 Å². The standard InChI is InChI=1S/C23H23N5O3S/c1-14-8-20-25-17(13-30-2)10-21(29)28(20)26-23(14)27-6-4-18-16(12-27)9-15(11-24-18)22-19(31-3)5-7-32-22/h5,7-11H,4,6,12-13H2,1-3H3. The molecule has 1 aliphatic heterocycles. The van der Waals surface area contributed by atoms with E-state index in [1.807, 2.05) is 30.6 Å². The highest BCUT2D eigenvalue weighted by Gasteiger charge is 2.22. The highest BCUT2D eigenvalue weighted by atomic mass is 32.1. The van der Waals surface area contributed by atoms with Crippen LogP contribution in [0, 0.1) is 6.92 Å². The Balaban J connectivity index is 1.50. The molecule has 5 heterocycles.